The van der Waals surface area contributed by atoms with Gasteiger partial charge in [0.05, 0.1) is 5.70 Å². The molecule has 7 heteroatoms. The lowest BCUT2D eigenvalue weighted by molar-refractivity contribution is 0.112. The number of hydrogen-bond donors (Lipinski definition) is 1. The van der Waals surface area contributed by atoms with Crippen LogP contribution in [0.25, 0.3) is 0 Å². The Labute approximate surface area is 170 Å². The summed E-state index contributed by atoms with van der Waals surface area (Å²) in [6.45, 7) is 4.05. The highest BCUT2D eigenvalue weighted by Gasteiger charge is 2.32. The second kappa shape index (κ2) is 9.09. The van der Waals surface area contributed by atoms with Crippen molar-refractivity contribution in [1.82, 2.24) is 4.90 Å². The summed E-state index contributed by atoms with van der Waals surface area (Å²) in [5.41, 5.74) is 1.77. The van der Waals surface area contributed by atoms with E-state index in [1.807, 2.05) is 6.26 Å². The number of allylic oxidation sites excluding steroid dienone is 1. The lowest BCUT2D eigenvalue weighted by atomic mass is 9.75. The van der Waals surface area contributed by atoms with Gasteiger partial charge in [-0.1, -0.05) is 30.8 Å². The number of thioether (sulfide) groups is 1. The van der Waals surface area contributed by atoms with Crippen LogP contribution in [-0.4, -0.2) is 54.1 Å². The first-order valence-corrected chi connectivity index (χ1v) is 10.8. The van der Waals surface area contributed by atoms with Gasteiger partial charge in [-0.15, -0.1) is 0 Å². The Balaban J connectivity index is 1.62. The molecule has 0 spiro atoms. The highest BCUT2D eigenvalue weighted by molar-refractivity contribution is 8.13. The molecular formula is C21H28FN3O2S. The number of likely N-dealkylation sites (tertiary alicyclic amines) is 1. The number of benzene rings is 1. The molecule has 1 fully saturated rings. The molecule has 3 rings (SSSR count). The number of phenolic OH excluding ortho intramolecular Hbond substituents is 1. The van der Waals surface area contributed by atoms with E-state index >= 15 is 0 Å². The van der Waals surface area contributed by atoms with Crippen LogP contribution < -0.4 is 0 Å². The number of halogens is 1. The first kappa shape index (κ1) is 20.9. The summed E-state index contributed by atoms with van der Waals surface area (Å²) < 4.78 is 18.5. The monoisotopic (exact) mass is 405 g/mol. The van der Waals surface area contributed by atoms with Crippen molar-refractivity contribution in [3.63, 3.8) is 0 Å². The van der Waals surface area contributed by atoms with Crippen molar-refractivity contribution in [2.45, 2.75) is 38.8 Å². The molecule has 1 unspecified atom stereocenters. The van der Waals surface area contributed by atoms with Gasteiger partial charge in [-0.25, -0.2) is 9.38 Å². The summed E-state index contributed by atoms with van der Waals surface area (Å²) in [4.78, 5) is 11.4. The van der Waals surface area contributed by atoms with Crippen LogP contribution in [-0.2, 0) is 11.2 Å². The molecule has 1 saturated heterocycles. The molecular weight excluding hydrogens is 377 g/mol. The van der Waals surface area contributed by atoms with Crippen LogP contribution in [0.4, 0.5) is 4.39 Å². The van der Waals surface area contributed by atoms with Gasteiger partial charge >= 0.3 is 0 Å². The maximum atomic E-state index is 13.2. The third kappa shape index (κ3) is 5.14. The van der Waals surface area contributed by atoms with Gasteiger partial charge in [0.15, 0.2) is 11.4 Å². The molecule has 2 aliphatic heterocycles. The fourth-order valence-corrected chi connectivity index (χ4v) is 4.28. The van der Waals surface area contributed by atoms with Crippen molar-refractivity contribution in [3.05, 3.63) is 41.4 Å². The number of dihydropyridines is 1. The first-order valence-electron chi connectivity index (χ1n) is 9.53. The molecule has 0 radical (unpaired) electrons. The van der Waals surface area contributed by atoms with E-state index in [1.165, 1.54) is 12.1 Å². The van der Waals surface area contributed by atoms with Gasteiger partial charge in [0.2, 0.25) is 0 Å². The maximum absolute atomic E-state index is 13.2. The molecule has 0 saturated carbocycles. The molecule has 152 valence electrons. The minimum atomic E-state index is -0.403. The molecule has 5 nitrogen and oxygen atoms in total. The number of aliphatic imine (C=N–C) groups is 2. The van der Waals surface area contributed by atoms with Gasteiger partial charge in [0.25, 0.3) is 0 Å². The molecule has 0 aliphatic carbocycles. The van der Waals surface area contributed by atoms with Gasteiger partial charge in [0, 0.05) is 38.9 Å². The molecule has 2 aliphatic rings. The van der Waals surface area contributed by atoms with E-state index in [9.17, 15) is 9.50 Å². The predicted octanol–water partition coefficient (Wildman–Crippen LogP) is 4.23. The van der Waals surface area contributed by atoms with Crippen molar-refractivity contribution >= 4 is 23.1 Å². The van der Waals surface area contributed by atoms with Crippen LogP contribution in [0.5, 0.6) is 5.75 Å². The lowest BCUT2D eigenvalue weighted by Gasteiger charge is -2.40. The summed E-state index contributed by atoms with van der Waals surface area (Å²) in [5, 5.41) is 11.0. The molecule has 1 N–H and O–H groups in total. The van der Waals surface area contributed by atoms with Crippen molar-refractivity contribution in [1.29, 1.82) is 0 Å². The summed E-state index contributed by atoms with van der Waals surface area (Å²) in [5.74, 6) is -0.354. The second-order valence-corrected chi connectivity index (χ2v) is 8.45. The number of ether oxygens (including phenoxy) is 1. The number of phenols is 1. The molecule has 0 amide bonds. The van der Waals surface area contributed by atoms with E-state index in [0.29, 0.717) is 0 Å². The third-order valence-corrected chi connectivity index (χ3v) is 6.20. The highest BCUT2D eigenvalue weighted by Crippen LogP contribution is 2.37. The maximum Gasteiger partial charge on any atom is 0.164 e. The Morgan fingerprint density at radius 1 is 1.43 bits per heavy atom. The summed E-state index contributed by atoms with van der Waals surface area (Å²) in [7, 11) is 1.66. The van der Waals surface area contributed by atoms with E-state index in [-0.39, 0.29) is 17.4 Å². The van der Waals surface area contributed by atoms with Gasteiger partial charge in [-0.05, 0) is 42.6 Å². The predicted molar refractivity (Wildman–Crippen MR) is 114 cm³/mol. The normalized spacial score (nSPS) is 22.3. The Hall–Kier alpha value is -1.86. The van der Waals surface area contributed by atoms with E-state index < -0.39 is 5.82 Å². The van der Waals surface area contributed by atoms with Crippen LogP contribution in [0.2, 0.25) is 0 Å². The standard InChI is InChI=1S/C21H28FN3O2S/c1-21(13-15-4-5-16(22)12-18(15)26)8-10-25(11-9-21)20(28-3)24-17-6-7-19(27-2)23-14-17/h4-6,12,14,19,26H,7-11,13H2,1-3H3. The van der Waals surface area contributed by atoms with Crippen LogP contribution in [0.1, 0.15) is 31.7 Å². The van der Waals surface area contributed by atoms with E-state index in [2.05, 4.69) is 22.9 Å². The minimum absolute atomic E-state index is 0.0490. The van der Waals surface area contributed by atoms with Crippen molar-refractivity contribution < 1.29 is 14.2 Å². The number of amidine groups is 1. The zero-order chi connectivity index (χ0) is 20.1. The molecule has 2 heterocycles. The van der Waals surface area contributed by atoms with Gasteiger partial charge in [0.1, 0.15) is 11.6 Å². The second-order valence-electron chi connectivity index (χ2n) is 7.68. The van der Waals surface area contributed by atoms with Crippen LogP contribution in [0.15, 0.2) is 40.0 Å². The Morgan fingerprint density at radius 3 is 2.75 bits per heavy atom. The molecule has 1 aromatic rings. The van der Waals surface area contributed by atoms with Gasteiger partial charge in [-0.3, -0.25) is 4.99 Å². The largest absolute Gasteiger partial charge is 0.508 e. The minimum Gasteiger partial charge on any atom is -0.508 e. The number of methoxy groups -OCH3 is 1. The summed E-state index contributed by atoms with van der Waals surface area (Å²) in [6, 6.07) is 4.30. The smallest absolute Gasteiger partial charge is 0.164 e. The molecule has 1 aromatic carbocycles. The Morgan fingerprint density at radius 2 is 2.18 bits per heavy atom. The van der Waals surface area contributed by atoms with Gasteiger partial charge < -0.3 is 14.7 Å². The number of nitrogens with zero attached hydrogens (tertiary/aromatic N) is 3. The molecule has 0 bridgehead atoms. The topological polar surface area (TPSA) is 57.4 Å². The number of piperidine rings is 1. The molecule has 1 atom stereocenters. The number of hydrogen-bond acceptors (Lipinski definition) is 5. The Bertz CT molecular complexity index is 786. The fourth-order valence-electron chi connectivity index (χ4n) is 3.64. The number of aromatic hydroxyl groups is 1. The SMILES string of the molecule is COC1CC=C(N=C(SC)N2CCC(C)(Cc3ccc(F)cc3O)CC2)C=N1. The van der Waals surface area contributed by atoms with Crippen LogP contribution in [0, 0.1) is 11.2 Å². The quantitative estimate of drug-likeness (QED) is 0.602. The first-order chi connectivity index (χ1) is 13.4. The van der Waals surface area contributed by atoms with Crippen molar-refractivity contribution in [3.8, 4) is 5.75 Å². The molecule has 0 aromatic heterocycles. The van der Waals surface area contributed by atoms with Crippen molar-refractivity contribution in [2.24, 2.45) is 15.4 Å². The Kier molecular flexibility index (Phi) is 6.78. The lowest BCUT2D eigenvalue weighted by Crippen LogP contribution is -2.42. The van der Waals surface area contributed by atoms with E-state index in [0.717, 1.165) is 55.2 Å². The zero-order valence-corrected chi connectivity index (χ0v) is 17.5. The van der Waals surface area contributed by atoms with Crippen molar-refractivity contribution in [2.75, 3.05) is 26.5 Å². The zero-order valence-electron chi connectivity index (χ0n) is 16.7. The van der Waals surface area contributed by atoms with Crippen LogP contribution >= 0.6 is 11.8 Å². The molecule has 28 heavy (non-hydrogen) atoms. The summed E-state index contributed by atoms with van der Waals surface area (Å²) >= 11 is 1.65. The average molecular weight is 406 g/mol. The van der Waals surface area contributed by atoms with E-state index in [4.69, 9.17) is 9.73 Å². The number of rotatable bonds is 4. The highest BCUT2D eigenvalue weighted by atomic mass is 32.2. The third-order valence-electron chi connectivity index (χ3n) is 5.49. The fraction of sp³-hybridized carbons (Fsp3) is 0.524. The van der Waals surface area contributed by atoms with Gasteiger partial charge in [-0.2, -0.15) is 0 Å². The van der Waals surface area contributed by atoms with Crippen LogP contribution in [0.3, 0.4) is 0 Å². The average Bonchev–Trinajstić information content (AvgIpc) is 2.70. The summed E-state index contributed by atoms with van der Waals surface area (Å²) in [6.07, 6.45) is 9.24. The van der Waals surface area contributed by atoms with E-state index in [1.54, 1.807) is 31.2 Å².